The minimum atomic E-state index is 0.417. The zero-order chi connectivity index (χ0) is 14.7. The molecule has 0 aliphatic carbocycles. The van der Waals surface area contributed by atoms with Crippen LogP contribution in [-0.2, 0) is 0 Å². The van der Waals surface area contributed by atoms with Crippen LogP contribution in [0.25, 0.3) is 0 Å². The van der Waals surface area contributed by atoms with Crippen molar-refractivity contribution in [1.29, 1.82) is 0 Å². The van der Waals surface area contributed by atoms with Crippen molar-refractivity contribution >= 4 is 23.0 Å². The number of piperidine rings is 1. The van der Waals surface area contributed by atoms with E-state index in [4.69, 9.17) is 18.0 Å². The fourth-order valence-corrected chi connectivity index (χ4v) is 3.04. The summed E-state index contributed by atoms with van der Waals surface area (Å²) in [4.78, 5) is 7.36. The van der Waals surface area contributed by atoms with E-state index in [0.29, 0.717) is 10.9 Å². The molecule has 1 fully saturated rings. The van der Waals surface area contributed by atoms with Crippen LogP contribution in [0.15, 0.2) is 6.07 Å². The molecule has 0 saturated carbocycles. The average Bonchev–Trinajstić information content (AvgIpc) is 2.36. The number of hydrogen-bond acceptors (Lipinski definition) is 4. The predicted molar refractivity (Wildman–Crippen MR) is 88.3 cm³/mol. The Morgan fingerprint density at radius 2 is 2.10 bits per heavy atom. The lowest BCUT2D eigenvalue weighted by atomic mass is 9.97. The molecular weight excluding hydrogens is 268 g/mol. The van der Waals surface area contributed by atoms with Gasteiger partial charge in [-0.05, 0) is 64.4 Å². The molecule has 5 heteroatoms. The lowest BCUT2D eigenvalue weighted by molar-refractivity contribution is 0.226. The minimum Gasteiger partial charge on any atom is -0.389 e. The maximum absolute atomic E-state index is 5.84. The molecule has 4 nitrogen and oxygen atoms in total. The van der Waals surface area contributed by atoms with Crippen molar-refractivity contribution in [3.05, 3.63) is 22.9 Å². The van der Waals surface area contributed by atoms with Crippen LogP contribution >= 0.6 is 12.2 Å². The van der Waals surface area contributed by atoms with Crippen molar-refractivity contribution in [2.24, 2.45) is 11.7 Å². The molecule has 2 heterocycles. The first-order chi connectivity index (χ1) is 9.47. The highest BCUT2D eigenvalue weighted by Crippen LogP contribution is 2.21. The van der Waals surface area contributed by atoms with Crippen molar-refractivity contribution < 1.29 is 0 Å². The molecule has 0 amide bonds. The van der Waals surface area contributed by atoms with Gasteiger partial charge in [-0.25, -0.2) is 4.98 Å². The van der Waals surface area contributed by atoms with Crippen LogP contribution in [0.1, 0.15) is 29.7 Å². The van der Waals surface area contributed by atoms with Gasteiger partial charge in [0.05, 0.1) is 5.56 Å². The third-order valence-corrected chi connectivity index (χ3v) is 4.19. The molecule has 20 heavy (non-hydrogen) atoms. The molecule has 0 bridgehead atoms. The van der Waals surface area contributed by atoms with Gasteiger partial charge in [0.1, 0.15) is 10.8 Å². The average molecular weight is 292 g/mol. The minimum absolute atomic E-state index is 0.417. The van der Waals surface area contributed by atoms with Gasteiger partial charge in [-0.15, -0.1) is 0 Å². The number of nitrogens with one attached hydrogen (secondary N) is 1. The van der Waals surface area contributed by atoms with Crippen molar-refractivity contribution in [3.63, 3.8) is 0 Å². The molecule has 2 rings (SSSR count). The number of aryl methyl sites for hydroxylation is 2. The summed E-state index contributed by atoms with van der Waals surface area (Å²) in [6.45, 7) is 7.32. The molecule has 0 aromatic carbocycles. The number of nitrogens with zero attached hydrogens (tertiary/aromatic N) is 2. The van der Waals surface area contributed by atoms with E-state index in [9.17, 15) is 0 Å². The van der Waals surface area contributed by atoms with Gasteiger partial charge in [0.2, 0.25) is 0 Å². The van der Waals surface area contributed by atoms with E-state index in [2.05, 4.69) is 22.2 Å². The Balaban J connectivity index is 2.07. The van der Waals surface area contributed by atoms with E-state index in [0.717, 1.165) is 29.2 Å². The third-order valence-electron chi connectivity index (χ3n) is 3.99. The largest absolute Gasteiger partial charge is 0.389 e. The highest BCUT2D eigenvalue weighted by atomic mass is 32.1. The van der Waals surface area contributed by atoms with Gasteiger partial charge < -0.3 is 16.0 Å². The van der Waals surface area contributed by atoms with Crippen LogP contribution in [0.4, 0.5) is 5.82 Å². The Morgan fingerprint density at radius 1 is 1.45 bits per heavy atom. The summed E-state index contributed by atoms with van der Waals surface area (Å²) in [5, 5.41) is 3.46. The Labute approximate surface area is 126 Å². The summed E-state index contributed by atoms with van der Waals surface area (Å²) in [7, 11) is 2.18. The predicted octanol–water partition coefficient (Wildman–Crippen LogP) is 2.09. The summed E-state index contributed by atoms with van der Waals surface area (Å²) in [6.07, 6.45) is 2.47. The van der Waals surface area contributed by atoms with Crippen molar-refractivity contribution in [2.45, 2.75) is 26.7 Å². The van der Waals surface area contributed by atoms with E-state index < -0.39 is 0 Å². The van der Waals surface area contributed by atoms with Crippen molar-refractivity contribution in [2.75, 3.05) is 32.0 Å². The molecule has 1 aliphatic rings. The van der Waals surface area contributed by atoms with Crippen LogP contribution in [0.2, 0.25) is 0 Å². The molecule has 0 spiro atoms. The Morgan fingerprint density at radius 3 is 2.70 bits per heavy atom. The first-order valence-corrected chi connectivity index (χ1v) is 7.58. The SMILES string of the molecule is Cc1cc(C)c(C(N)=S)c(NCC2CCN(C)CC2)n1. The quantitative estimate of drug-likeness (QED) is 0.832. The fraction of sp³-hybridized carbons (Fsp3) is 0.600. The second-order valence-corrected chi connectivity index (χ2v) is 6.24. The fourth-order valence-electron chi connectivity index (χ4n) is 2.78. The van der Waals surface area contributed by atoms with Crippen LogP contribution < -0.4 is 11.1 Å². The van der Waals surface area contributed by atoms with Gasteiger partial charge in [0, 0.05) is 12.2 Å². The molecule has 1 aromatic rings. The van der Waals surface area contributed by atoms with Gasteiger partial charge in [-0.2, -0.15) is 0 Å². The highest BCUT2D eigenvalue weighted by molar-refractivity contribution is 7.80. The number of hydrogen-bond donors (Lipinski definition) is 2. The molecule has 0 atom stereocenters. The molecular formula is C15H24N4S. The lowest BCUT2D eigenvalue weighted by Crippen LogP contribution is -2.33. The number of anilines is 1. The van der Waals surface area contributed by atoms with Crippen LogP contribution in [0.5, 0.6) is 0 Å². The maximum atomic E-state index is 5.84. The van der Waals surface area contributed by atoms with Gasteiger partial charge in [-0.3, -0.25) is 0 Å². The molecule has 0 radical (unpaired) electrons. The Kier molecular flexibility index (Phi) is 4.94. The standard InChI is InChI=1S/C15H24N4S/c1-10-8-11(2)18-15(13(10)14(16)20)17-9-12-4-6-19(3)7-5-12/h8,12H,4-7,9H2,1-3H3,(H2,16,20)(H,17,18). The molecule has 1 aliphatic heterocycles. The monoisotopic (exact) mass is 292 g/mol. The number of nitrogens with two attached hydrogens (primary N) is 1. The van der Waals surface area contributed by atoms with E-state index >= 15 is 0 Å². The van der Waals surface area contributed by atoms with Crippen molar-refractivity contribution in [3.8, 4) is 0 Å². The molecule has 3 N–H and O–H groups in total. The summed E-state index contributed by atoms with van der Waals surface area (Å²) in [5.41, 5.74) is 8.81. The zero-order valence-corrected chi connectivity index (χ0v) is 13.4. The first kappa shape index (κ1) is 15.2. The number of likely N-dealkylation sites (tertiary alicyclic amines) is 1. The van der Waals surface area contributed by atoms with Gasteiger partial charge in [0.25, 0.3) is 0 Å². The zero-order valence-electron chi connectivity index (χ0n) is 12.6. The molecule has 1 aromatic heterocycles. The summed E-state index contributed by atoms with van der Waals surface area (Å²) >= 11 is 5.16. The van der Waals surface area contributed by atoms with Crippen LogP contribution in [-0.4, -0.2) is 41.6 Å². The number of rotatable bonds is 4. The summed E-state index contributed by atoms with van der Waals surface area (Å²) in [5.74, 6) is 1.54. The highest BCUT2D eigenvalue weighted by Gasteiger charge is 2.18. The Hall–Kier alpha value is -1.20. The molecule has 110 valence electrons. The number of pyridine rings is 1. The lowest BCUT2D eigenvalue weighted by Gasteiger charge is -2.29. The van der Waals surface area contributed by atoms with E-state index in [1.54, 1.807) is 0 Å². The Bertz CT molecular complexity index is 493. The maximum Gasteiger partial charge on any atom is 0.136 e. The normalized spacial score (nSPS) is 17.1. The van der Waals surface area contributed by atoms with Crippen LogP contribution in [0, 0.1) is 19.8 Å². The third kappa shape index (κ3) is 3.67. The number of thiocarbonyl (C=S) groups is 1. The van der Waals surface area contributed by atoms with Crippen LogP contribution in [0.3, 0.4) is 0 Å². The smallest absolute Gasteiger partial charge is 0.136 e. The summed E-state index contributed by atoms with van der Waals surface area (Å²) < 4.78 is 0. The first-order valence-electron chi connectivity index (χ1n) is 7.18. The second-order valence-electron chi connectivity index (χ2n) is 5.80. The van der Waals surface area contributed by atoms with Gasteiger partial charge in [0.15, 0.2) is 0 Å². The van der Waals surface area contributed by atoms with Gasteiger partial charge in [-0.1, -0.05) is 12.2 Å². The van der Waals surface area contributed by atoms with E-state index in [1.807, 2.05) is 19.9 Å². The topological polar surface area (TPSA) is 54.2 Å². The molecule has 1 saturated heterocycles. The second kappa shape index (κ2) is 6.50. The van der Waals surface area contributed by atoms with Gasteiger partial charge >= 0.3 is 0 Å². The van der Waals surface area contributed by atoms with Crippen molar-refractivity contribution in [1.82, 2.24) is 9.88 Å². The van der Waals surface area contributed by atoms with E-state index in [1.165, 1.54) is 25.9 Å². The molecule has 0 unspecified atom stereocenters. The number of aromatic nitrogens is 1. The summed E-state index contributed by atoms with van der Waals surface area (Å²) in [6, 6.07) is 2.02. The van der Waals surface area contributed by atoms with E-state index in [-0.39, 0.29) is 0 Å².